The number of carbonyl (C=O) groups is 5. The molecular formula is C24H29N3O7. The molecule has 1 aromatic carbocycles. The van der Waals surface area contributed by atoms with E-state index in [4.69, 9.17) is 5.73 Å². The van der Waals surface area contributed by atoms with Crippen molar-refractivity contribution in [1.29, 1.82) is 0 Å². The molecule has 4 N–H and O–H groups in total. The van der Waals surface area contributed by atoms with Crippen molar-refractivity contribution >= 4 is 34.7 Å². The Morgan fingerprint density at radius 3 is 2.24 bits per heavy atom. The van der Waals surface area contributed by atoms with Crippen molar-refractivity contribution in [2.24, 2.45) is 29.4 Å². The van der Waals surface area contributed by atoms with Gasteiger partial charge in [0.1, 0.15) is 5.75 Å². The van der Waals surface area contributed by atoms with Gasteiger partial charge in [0, 0.05) is 20.0 Å². The number of amides is 1. The van der Waals surface area contributed by atoms with Crippen LogP contribution in [0.2, 0.25) is 0 Å². The molecule has 2 saturated carbocycles. The third-order valence-electron chi connectivity index (χ3n) is 7.92. The maximum absolute atomic E-state index is 13.8. The molecule has 2 unspecified atom stereocenters. The number of nitrogens with zero attached hydrogens (tertiary/aromatic N) is 2. The number of benzene rings is 1. The fourth-order valence-corrected chi connectivity index (χ4v) is 6.27. The molecule has 34 heavy (non-hydrogen) atoms. The standard InChI is InChI=1S/C24H29N3O7/c1-9-10-6-7-13(26(2)3)18(28)14(10)19(29)15-11(9)8-12-17(27(4)5)20(30)16(23(25)33)22(32)24(12,34)21(15)31/h6-7,9,11-12,15-17,28,34H,8H2,1-5H3,(H2,25,33)/t9-,11+,12-,15?,16?,17-,24-/m0/s1. The molecule has 0 saturated heterocycles. The van der Waals surface area contributed by atoms with E-state index in [1.165, 1.54) is 4.90 Å². The number of fused-ring (bicyclic) bond motifs is 3. The summed E-state index contributed by atoms with van der Waals surface area (Å²) in [7, 11) is 6.50. The lowest BCUT2D eigenvalue weighted by molar-refractivity contribution is -0.181. The average molecular weight is 472 g/mol. The van der Waals surface area contributed by atoms with Crippen LogP contribution in [0.4, 0.5) is 5.69 Å². The van der Waals surface area contributed by atoms with Gasteiger partial charge in [-0.3, -0.25) is 28.9 Å². The van der Waals surface area contributed by atoms with Gasteiger partial charge in [-0.1, -0.05) is 13.0 Å². The van der Waals surface area contributed by atoms with Crippen molar-refractivity contribution in [3.05, 3.63) is 23.3 Å². The van der Waals surface area contributed by atoms with Crippen LogP contribution in [-0.4, -0.2) is 84.0 Å². The number of phenolic OH excluding ortho intramolecular Hbond substituents is 1. The molecule has 10 heteroatoms. The molecule has 10 nitrogen and oxygen atoms in total. The van der Waals surface area contributed by atoms with Gasteiger partial charge in [-0.25, -0.2) is 0 Å². The summed E-state index contributed by atoms with van der Waals surface area (Å²) in [5, 5.41) is 22.4. The van der Waals surface area contributed by atoms with E-state index in [0.717, 1.165) is 0 Å². The SMILES string of the molecule is C[C@H]1c2ccc(N(C)C)c(O)c2C(=O)C2C(=O)[C@]3(O)C(=O)C(C(N)=O)C(=O)[C@@H](N(C)C)[C@@H]3C[C@@H]21. The smallest absolute Gasteiger partial charge is 0.235 e. The quantitative estimate of drug-likeness (QED) is 0.494. The van der Waals surface area contributed by atoms with E-state index in [2.05, 4.69) is 0 Å². The molecule has 2 fully saturated rings. The molecule has 0 radical (unpaired) electrons. The minimum absolute atomic E-state index is 0.00899. The lowest BCUT2D eigenvalue weighted by Gasteiger charge is -2.53. The molecular weight excluding hydrogens is 442 g/mol. The number of primary amides is 1. The summed E-state index contributed by atoms with van der Waals surface area (Å²) < 4.78 is 0. The Morgan fingerprint density at radius 1 is 1.09 bits per heavy atom. The van der Waals surface area contributed by atoms with Crippen LogP contribution in [0.15, 0.2) is 12.1 Å². The van der Waals surface area contributed by atoms with Crippen LogP contribution in [0.25, 0.3) is 0 Å². The normalized spacial score (nSPS) is 35.0. The van der Waals surface area contributed by atoms with Crippen molar-refractivity contribution in [3.8, 4) is 5.75 Å². The maximum atomic E-state index is 13.8. The molecule has 0 heterocycles. The molecule has 1 amide bonds. The Kier molecular flexibility index (Phi) is 5.45. The molecule has 4 rings (SSSR count). The molecule has 0 aliphatic heterocycles. The number of phenols is 1. The summed E-state index contributed by atoms with van der Waals surface area (Å²) in [5.74, 6) is -10.8. The van der Waals surface area contributed by atoms with Crippen LogP contribution < -0.4 is 10.6 Å². The fraction of sp³-hybridized carbons (Fsp3) is 0.542. The number of rotatable bonds is 3. The lowest BCUT2D eigenvalue weighted by atomic mass is 9.50. The predicted molar refractivity (Wildman–Crippen MR) is 120 cm³/mol. The first-order valence-corrected chi connectivity index (χ1v) is 11.1. The number of anilines is 1. The van der Waals surface area contributed by atoms with Gasteiger partial charge in [0.15, 0.2) is 34.7 Å². The first kappa shape index (κ1) is 24.0. The van der Waals surface area contributed by atoms with Gasteiger partial charge in [-0.15, -0.1) is 0 Å². The van der Waals surface area contributed by atoms with Crippen LogP contribution in [0.5, 0.6) is 5.75 Å². The Labute approximate surface area is 196 Å². The van der Waals surface area contributed by atoms with Crippen molar-refractivity contribution in [2.45, 2.75) is 30.9 Å². The van der Waals surface area contributed by atoms with Crippen LogP contribution in [0, 0.1) is 23.7 Å². The molecule has 0 bridgehead atoms. The van der Waals surface area contributed by atoms with Crippen LogP contribution in [0.3, 0.4) is 0 Å². The van der Waals surface area contributed by atoms with Crippen molar-refractivity contribution in [2.75, 3.05) is 33.1 Å². The van der Waals surface area contributed by atoms with E-state index in [1.54, 1.807) is 45.2 Å². The van der Waals surface area contributed by atoms with E-state index in [1.807, 2.05) is 6.92 Å². The zero-order valence-electron chi connectivity index (χ0n) is 19.7. The maximum Gasteiger partial charge on any atom is 0.235 e. The van der Waals surface area contributed by atoms with Gasteiger partial charge in [-0.05, 0) is 44.0 Å². The minimum atomic E-state index is -2.72. The van der Waals surface area contributed by atoms with Gasteiger partial charge >= 0.3 is 0 Å². The zero-order valence-corrected chi connectivity index (χ0v) is 19.7. The number of aliphatic hydroxyl groups is 1. The Balaban J connectivity index is 1.91. The second-order valence-corrected chi connectivity index (χ2v) is 10.1. The van der Waals surface area contributed by atoms with Crippen molar-refractivity contribution in [3.63, 3.8) is 0 Å². The van der Waals surface area contributed by atoms with Crippen molar-refractivity contribution in [1.82, 2.24) is 4.90 Å². The monoisotopic (exact) mass is 471 g/mol. The topological polar surface area (TPSA) is 158 Å². The second kappa shape index (κ2) is 7.71. The number of carbonyl (C=O) groups excluding carboxylic acids is 5. The van der Waals surface area contributed by atoms with Crippen LogP contribution in [0.1, 0.15) is 35.2 Å². The molecule has 1 aromatic rings. The summed E-state index contributed by atoms with van der Waals surface area (Å²) in [6, 6.07) is 2.31. The number of aromatic hydroxyl groups is 1. The van der Waals surface area contributed by atoms with Gasteiger partial charge in [0.25, 0.3) is 0 Å². The number of hydrogen-bond donors (Lipinski definition) is 3. The molecule has 7 atom stereocenters. The summed E-state index contributed by atoms with van der Waals surface area (Å²) in [5.41, 5.74) is 3.55. The third kappa shape index (κ3) is 2.91. The van der Waals surface area contributed by atoms with E-state index in [9.17, 15) is 34.2 Å². The van der Waals surface area contributed by atoms with Crippen LogP contribution in [-0.2, 0) is 19.2 Å². The third-order valence-corrected chi connectivity index (χ3v) is 7.92. The Morgan fingerprint density at radius 2 is 1.71 bits per heavy atom. The zero-order chi connectivity index (χ0) is 25.4. The van der Waals surface area contributed by atoms with E-state index < -0.39 is 64.4 Å². The summed E-state index contributed by atoms with van der Waals surface area (Å²) in [4.78, 5) is 68.9. The molecule has 3 aliphatic carbocycles. The van der Waals surface area contributed by atoms with Crippen LogP contribution >= 0.6 is 0 Å². The summed E-state index contributed by atoms with van der Waals surface area (Å²) in [6.07, 6.45) is 0.0290. The average Bonchev–Trinajstić information content (AvgIpc) is 2.73. The highest BCUT2D eigenvalue weighted by Gasteiger charge is 2.69. The minimum Gasteiger partial charge on any atom is -0.505 e. The Bertz CT molecular complexity index is 1140. The van der Waals surface area contributed by atoms with Gasteiger partial charge in [0.05, 0.1) is 23.2 Å². The highest BCUT2D eigenvalue weighted by Crippen LogP contribution is 2.55. The number of Topliss-reactive ketones (excluding diaryl/α,β-unsaturated/α-hetero) is 4. The van der Waals surface area contributed by atoms with Gasteiger partial charge in [-0.2, -0.15) is 0 Å². The fourth-order valence-electron chi connectivity index (χ4n) is 6.27. The number of nitrogens with two attached hydrogens (primary N) is 1. The second-order valence-electron chi connectivity index (χ2n) is 10.1. The highest BCUT2D eigenvalue weighted by molar-refractivity contribution is 6.32. The van der Waals surface area contributed by atoms with Gasteiger partial charge < -0.3 is 20.8 Å². The largest absolute Gasteiger partial charge is 0.505 e. The first-order chi connectivity index (χ1) is 15.8. The first-order valence-electron chi connectivity index (χ1n) is 11.1. The molecule has 0 spiro atoms. The summed E-state index contributed by atoms with van der Waals surface area (Å²) >= 11 is 0. The summed E-state index contributed by atoms with van der Waals surface area (Å²) in [6.45, 7) is 1.82. The highest BCUT2D eigenvalue weighted by atomic mass is 16.3. The van der Waals surface area contributed by atoms with E-state index in [-0.39, 0.29) is 23.7 Å². The molecule has 0 aromatic heterocycles. The predicted octanol–water partition coefficient (Wildman–Crippen LogP) is -0.506. The number of ketones is 4. The van der Waals surface area contributed by atoms with E-state index in [0.29, 0.717) is 11.3 Å². The number of likely N-dealkylation sites (N-methyl/N-ethyl adjacent to an activating group) is 1. The molecule has 182 valence electrons. The van der Waals surface area contributed by atoms with E-state index >= 15 is 0 Å². The Hall–Kier alpha value is -3.11. The molecule has 3 aliphatic rings. The van der Waals surface area contributed by atoms with Gasteiger partial charge in [0.2, 0.25) is 5.91 Å². The lowest BCUT2D eigenvalue weighted by Crippen LogP contribution is -2.74. The van der Waals surface area contributed by atoms with Crippen molar-refractivity contribution < 1.29 is 34.2 Å². The number of hydrogen-bond acceptors (Lipinski definition) is 9.